The number of nitrogens with zero attached hydrogens (tertiary/aromatic N) is 1. The van der Waals surface area contributed by atoms with Crippen LogP contribution in [-0.4, -0.2) is 11.8 Å². The summed E-state index contributed by atoms with van der Waals surface area (Å²) in [5, 5.41) is 5.06. The number of fused-ring (bicyclic) bond motifs is 1. The molecule has 0 bridgehead atoms. The van der Waals surface area contributed by atoms with Gasteiger partial charge in [0.1, 0.15) is 6.10 Å². The van der Waals surface area contributed by atoms with Gasteiger partial charge in [-0.15, -0.1) is 0 Å². The molecule has 0 radical (unpaired) electrons. The molecule has 1 aliphatic heterocycles. The highest BCUT2D eigenvalue weighted by atomic mass is 35.5. The van der Waals surface area contributed by atoms with E-state index in [0.29, 0.717) is 12.0 Å². The van der Waals surface area contributed by atoms with Crippen molar-refractivity contribution in [1.82, 2.24) is 0 Å². The van der Waals surface area contributed by atoms with E-state index in [1.165, 1.54) is 25.7 Å². The minimum atomic E-state index is 0.308. The first-order valence-electron chi connectivity index (χ1n) is 6.34. The van der Waals surface area contributed by atoms with Gasteiger partial charge in [-0.05, 0) is 37.0 Å². The molecule has 0 unspecified atom stereocenters. The van der Waals surface area contributed by atoms with E-state index in [-0.39, 0.29) is 0 Å². The minimum Gasteiger partial charge on any atom is -0.392 e. The number of hydrogen-bond donors (Lipinski definition) is 0. The van der Waals surface area contributed by atoms with Crippen LogP contribution in [0.1, 0.15) is 37.7 Å². The Morgan fingerprint density at radius 3 is 2.65 bits per heavy atom. The number of rotatable bonds is 1. The molecule has 3 heteroatoms. The molecule has 90 valence electrons. The molecular weight excluding hydrogens is 234 g/mol. The first-order chi connectivity index (χ1) is 8.34. The Labute approximate surface area is 107 Å². The number of hydrogen-bond acceptors (Lipinski definition) is 2. The van der Waals surface area contributed by atoms with Gasteiger partial charge in [0.05, 0.1) is 5.71 Å². The summed E-state index contributed by atoms with van der Waals surface area (Å²) >= 11 is 5.91. The molecule has 3 rings (SSSR count). The van der Waals surface area contributed by atoms with E-state index in [0.717, 1.165) is 22.7 Å². The van der Waals surface area contributed by atoms with Gasteiger partial charge >= 0.3 is 0 Å². The molecule has 0 amide bonds. The van der Waals surface area contributed by atoms with Gasteiger partial charge in [0, 0.05) is 10.9 Å². The highest BCUT2D eigenvalue weighted by molar-refractivity contribution is 6.30. The summed E-state index contributed by atoms with van der Waals surface area (Å²) in [4.78, 5) is 5.59. The fraction of sp³-hybridized carbons (Fsp3) is 0.500. The van der Waals surface area contributed by atoms with Crippen molar-refractivity contribution in [3.8, 4) is 0 Å². The molecule has 2 nitrogen and oxygen atoms in total. The van der Waals surface area contributed by atoms with Crippen LogP contribution in [0.25, 0.3) is 0 Å². The zero-order valence-electron chi connectivity index (χ0n) is 9.73. The number of benzene rings is 1. The topological polar surface area (TPSA) is 21.6 Å². The van der Waals surface area contributed by atoms with Crippen molar-refractivity contribution in [2.75, 3.05) is 0 Å². The van der Waals surface area contributed by atoms with Crippen molar-refractivity contribution in [1.29, 1.82) is 0 Å². The fourth-order valence-electron chi connectivity index (χ4n) is 2.79. The monoisotopic (exact) mass is 249 g/mol. The molecule has 1 fully saturated rings. The summed E-state index contributed by atoms with van der Waals surface area (Å²) in [5.74, 6) is 0.485. The Balaban J connectivity index is 1.85. The van der Waals surface area contributed by atoms with E-state index in [1.54, 1.807) is 0 Å². The van der Waals surface area contributed by atoms with Gasteiger partial charge in [-0.1, -0.05) is 41.7 Å². The normalized spacial score (nSPS) is 27.9. The lowest BCUT2D eigenvalue weighted by Gasteiger charge is -2.15. The van der Waals surface area contributed by atoms with E-state index in [9.17, 15) is 0 Å². The highest BCUT2D eigenvalue weighted by Gasteiger charge is 2.35. The Hall–Kier alpha value is -1.02. The third kappa shape index (κ3) is 2.19. The second-order valence-corrected chi connectivity index (χ2v) is 5.31. The van der Waals surface area contributed by atoms with Crippen LogP contribution < -0.4 is 0 Å². The lowest BCUT2D eigenvalue weighted by molar-refractivity contribution is 0.0571. The van der Waals surface area contributed by atoms with Gasteiger partial charge in [0.25, 0.3) is 0 Å². The second-order valence-electron chi connectivity index (χ2n) is 4.87. The third-order valence-electron chi connectivity index (χ3n) is 3.73. The zero-order valence-corrected chi connectivity index (χ0v) is 10.5. The van der Waals surface area contributed by atoms with E-state index in [1.807, 2.05) is 24.3 Å². The predicted octanol–water partition coefficient (Wildman–Crippen LogP) is 4.02. The van der Waals surface area contributed by atoms with Crippen molar-refractivity contribution in [2.45, 2.75) is 38.2 Å². The molecule has 2 aliphatic rings. The van der Waals surface area contributed by atoms with Crippen molar-refractivity contribution < 1.29 is 4.84 Å². The van der Waals surface area contributed by atoms with E-state index < -0.39 is 0 Å². The Kier molecular flexibility index (Phi) is 3.06. The predicted molar refractivity (Wildman–Crippen MR) is 69.4 cm³/mol. The van der Waals surface area contributed by atoms with Gasteiger partial charge in [0.15, 0.2) is 0 Å². The summed E-state index contributed by atoms with van der Waals surface area (Å²) in [6, 6.07) is 7.92. The van der Waals surface area contributed by atoms with Gasteiger partial charge in [-0.25, -0.2) is 0 Å². The molecule has 17 heavy (non-hydrogen) atoms. The molecule has 1 aromatic carbocycles. The van der Waals surface area contributed by atoms with E-state index in [2.05, 4.69) is 5.16 Å². The Morgan fingerprint density at radius 1 is 1.06 bits per heavy atom. The largest absolute Gasteiger partial charge is 0.392 e. The molecule has 1 saturated carbocycles. The van der Waals surface area contributed by atoms with Gasteiger partial charge in [-0.2, -0.15) is 0 Å². The molecule has 0 spiro atoms. The average Bonchev–Trinajstić information content (AvgIpc) is 2.60. The molecule has 0 aromatic heterocycles. The van der Waals surface area contributed by atoms with Crippen molar-refractivity contribution in [2.24, 2.45) is 11.1 Å². The van der Waals surface area contributed by atoms with Crippen LogP contribution in [0.4, 0.5) is 0 Å². The molecule has 2 atom stereocenters. The summed E-state index contributed by atoms with van der Waals surface area (Å²) in [6.07, 6.45) is 6.53. The standard InChI is InChI=1S/C14H16ClNO/c15-11-8-6-10(7-9-11)14-12-4-2-1-3-5-13(12)17-16-14/h6-9,12-13H,1-5H2/t12-,13-/m0/s1. The molecule has 0 N–H and O–H groups in total. The average molecular weight is 250 g/mol. The van der Waals surface area contributed by atoms with Crippen LogP contribution in [-0.2, 0) is 4.84 Å². The smallest absolute Gasteiger partial charge is 0.136 e. The number of oxime groups is 1. The molecule has 0 saturated heterocycles. The van der Waals surface area contributed by atoms with Crippen LogP contribution in [0.15, 0.2) is 29.4 Å². The first kappa shape index (κ1) is 11.1. The summed E-state index contributed by atoms with van der Waals surface area (Å²) in [7, 11) is 0. The highest BCUT2D eigenvalue weighted by Crippen LogP contribution is 2.33. The lowest BCUT2D eigenvalue weighted by atomic mass is 9.89. The van der Waals surface area contributed by atoms with Crippen molar-refractivity contribution in [3.63, 3.8) is 0 Å². The van der Waals surface area contributed by atoms with Gasteiger partial charge in [-0.3, -0.25) is 0 Å². The summed E-state index contributed by atoms with van der Waals surface area (Å²) in [5.41, 5.74) is 2.28. The lowest BCUT2D eigenvalue weighted by Crippen LogP contribution is -2.22. The molecule has 1 heterocycles. The summed E-state index contributed by atoms with van der Waals surface area (Å²) in [6.45, 7) is 0. The van der Waals surface area contributed by atoms with Crippen LogP contribution >= 0.6 is 11.6 Å². The maximum Gasteiger partial charge on any atom is 0.136 e. The van der Waals surface area contributed by atoms with Crippen LogP contribution in [0.3, 0.4) is 0 Å². The van der Waals surface area contributed by atoms with Crippen LogP contribution in [0, 0.1) is 5.92 Å². The number of halogens is 1. The van der Waals surface area contributed by atoms with Gasteiger partial charge < -0.3 is 4.84 Å². The minimum absolute atomic E-state index is 0.308. The van der Waals surface area contributed by atoms with Crippen molar-refractivity contribution in [3.05, 3.63) is 34.9 Å². The molecular formula is C14H16ClNO. The third-order valence-corrected chi connectivity index (χ3v) is 3.98. The van der Waals surface area contributed by atoms with E-state index >= 15 is 0 Å². The zero-order chi connectivity index (χ0) is 11.7. The Morgan fingerprint density at radius 2 is 1.82 bits per heavy atom. The SMILES string of the molecule is Clc1ccc(C2=NO[C@H]3CCCCC[C@H]23)cc1. The van der Waals surface area contributed by atoms with Crippen LogP contribution in [0.5, 0.6) is 0 Å². The molecule has 1 aromatic rings. The fourth-order valence-corrected chi connectivity index (χ4v) is 2.92. The van der Waals surface area contributed by atoms with Gasteiger partial charge in [0.2, 0.25) is 0 Å². The Bertz CT molecular complexity index is 426. The molecule has 1 aliphatic carbocycles. The first-order valence-corrected chi connectivity index (χ1v) is 6.72. The maximum absolute atomic E-state index is 5.91. The van der Waals surface area contributed by atoms with Crippen molar-refractivity contribution >= 4 is 17.3 Å². The maximum atomic E-state index is 5.91. The quantitative estimate of drug-likeness (QED) is 0.737. The second kappa shape index (κ2) is 4.69. The van der Waals surface area contributed by atoms with Crippen LogP contribution in [0.2, 0.25) is 5.02 Å². The summed E-state index contributed by atoms with van der Waals surface area (Å²) < 4.78 is 0. The van der Waals surface area contributed by atoms with E-state index in [4.69, 9.17) is 16.4 Å².